The summed E-state index contributed by atoms with van der Waals surface area (Å²) in [7, 11) is 0. The molecular weight excluding hydrogens is 486 g/mol. The van der Waals surface area contributed by atoms with Crippen molar-refractivity contribution in [3.8, 4) is 28.8 Å². The highest BCUT2D eigenvalue weighted by Crippen LogP contribution is 2.34. The third kappa shape index (κ3) is 5.80. The second kappa shape index (κ2) is 11.3. The van der Waals surface area contributed by atoms with Crippen LogP contribution in [0.1, 0.15) is 40.4 Å². The van der Waals surface area contributed by atoms with Gasteiger partial charge >= 0.3 is 5.97 Å². The molecule has 0 amide bonds. The van der Waals surface area contributed by atoms with Gasteiger partial charge in [0.05, 0.1) is 21.8 Å². The standard InChI is InChI=1S/C30H24ClN3O3/c31-27-18-28(23-10-7-17-34(20-23)37-30(35)22-8-3-1-4-9-22)33-29(26(27)19-32)21-13-15-25(16-14-21)36-24-11-5-2-6-12-24/h1-6,8-9,11-16,18,23H,7,10,17,20H2. The number of hydrogen-bond acceptors (Lipinski definition) is 6. The number of pyridine rings is 1. The molecule has 4 aromatic rings. The zero-order valence-electron chi connectivity index (χ0n) is 20.0. The third-order valence-electron chi connectivity index (χ3n) is 6.23. The van der Waals surface area contributed by atoms with Gasteiger partial charge in [-0.1, -0.05) is 48.0 Å². The van der Waals surface area contributed by atoms with E-state index in [0.717, 1.165) is 29.8 Å². The number of halogens is 1. The zero-order valence-corrected chi connectivity index (χ0v) is 20.8. The maximum Gasteiger partial charge on any atom is 0.357 e. The van der Waals surface area contributed by atoms with Crippen LogP contribution in [0.4, 0.5) is 0 Å². The number of nitrogens with zero attached hydrogens (tertiary/aromatic N) is 3. The minimum absolute atomic E-state index is 0.00185. The number of para-hydroxylation sites is 1. The molecule has 0 aliphatic carbocycles. The highest BCUT2D eigenvalue weighted by molar-refractivity contribution is 6.32. The van der Waals surface area contributed by atoms with E-state index in [-0.39, 0.29) is 11.9 Å². The predicted octanol–water partition coefficient (Wildman–Crippen LogP) is 7.02. The molecule has 37 heavy (non-hydrogen) atoms. The normalized spacial score (nSPS) is 15.5. The molecule has 1 fully saturated rings. The van der Waals surface area contributed by atoms with Crippen molar-refractivity contribution in [3.63, 3.8) is 0 Å². The van der Waals surface area contributed by atoms with Crippen LogP contribution >= 0.6 is 11.6 Å². The van der Waals surface area contributed by atoms with Gasteiger partial charge in [-0.2, -0.15) is 5.26 Å². The Balaban J connectivity index is 1.36. The molecular formula is C30H24ClN3O3. The van der Waals surface area contributed by atoms with Gasteiger partial charge in [-0.3, -0.25) is 4.98 Å². The van der Waals surface area contributed by atoms with Crippen molar-refractivity contribution in [1.82, 2.24) is 10.0 Å². The first-order chi connectivity index (χ1) is 18.1. The van der Waals surface area contributed by atoms with E-state index in [2.05, 4.69) is 6.07 Å². The number of carbonyl (C=O) groups excluding carboxylic acids is 1. The Morgan fingerprint density at radius 1 is 0.973 bits per heavy atom. The first kappa shape index (κ1) is 24.5. The SMILES string of the molecule is N#Cc1c(Cl)cc(C2CCCN(OC(=O)c3ccccc3)C2)nc1-c1ccc(Oc2ccccc2)cc1. The Bertz CT molecular complexity index is 1420. The second-order valence-corrected chi connectivity index (χ2v) is 9.18. The summed E-state index contributed by atoms with van der Waals surface area (Å²) in [6.45, 7) is 1.14. The lowest BCUT2D eigenvalue weighted by Crippen LogP contribution is -2.36. The Labute approximate surface area is 220 Å². The summed E-state index contributed by atoms with van der Waals surface area (Å²) in [4.78, 5) is 23.0. The summed E-state index contributed by atoms with van der Waals surface area (Å²) in [5.41, 5.74) is 2.89. The van der Waals surface area contributed by atoms with Crippen molar-refractivity contribution in [3.05, 3.63) is 113 Å². The molecule has 184 valence electrons. The molecule has 3 aromatic carbocycles. The van der Waals surface area contributed by atoms with Crippen LogP contribution in [0.25, 0.3) is 11.3 Å². The molecule has 0 bridgehead atoms. The number of hydrogen-bond donors (Lipinski definition) is 0. The summed E-state index contributed by atoms with van der Waals surface area (Å²) in [5, 5.41) is 11.8. The summed E-state index contributed by atoms with van der Waals surface area (Å²) in [6.07, 6.45) is 1.71. The third-order valence-corrected chi connectivity index (χ3v) is 6.53. The summed E-state index contributed by atoms with van der Waals surface area (Å²) >= 11 is 6.56. The maximum atomic E-state index is 12.5. The van der Waals surface area contributed by atoms with Crippen molar-refractivity contribution in [2.75, 3.05) is 13.1 Å². The first-order valence-corrected chi connectivity index (χ1v) is 12.4. The maximum absolute atomic E-state index is 12.5. The van der Waals surface area contributed by atoms with Gasteiger partial charge in [-0.25, -0.2) is 4.79 Å². The predicted molar refractivity (Wildman–Crippen MR) is 141 cm³/mol. The van der Waals surface area contributed by atoms with Crippen molar-refractivity contribution in [1.29, 1.82) is 5.26 Å². The van der Waals surface area contributed by atoms with Crippen molar-refractivity contribution in [2.24, 2.45) is 0 Å². The van der Waals surface area contributed by atoms with Gasteiger partial charge in [0, 0.05) is 30.3 Å². The lowest BCUT2D eigenvalue weighted by Gasteiger charge is -2.31. The highest BCUT2D eigenvalue weighted by Gasteiger charge is 2.27. The lowest BCUT2D eigenvalue weighted by molar-refractivity contribution is -0.123. The van der Waals surface area contributed by atoms with Crippen LogP contribution < -0.4 is 4.74 Å². The van der Waals surface area contributed by atoms with Gasteiger partial charge in [0.25, 0.3) is 0 Å². The average Bonchev–Trinajstić information content (AvgIpc) is 2.94. The topological polar surface area (TPSA) is 75.5 Å². The minimum Gasteiger partial charge on any atom is -0.457 e. The zero-order chi connectivity index (χ0) is 25.6. The molecule has 7 heteroatoms. The molecule has 0 spiro atoms. The largest absolute Gasteiger partial charge is 0.457 e. The molecule has 5 rings (SSSR count). The molecule has 1 aromatic heterocycles. The number of carbonyl (C=O) groups is 1. The average molecular weight is 510 g/mol. The van der Waals surface area contributed by atoms with Crippen LogP contribution in [0.15, 0.2) is 91.0 Å². The molecule has 1 aliphatic rings. The number of nitriles is 1. The molecule has 0 N–H and O–H groups in total. The number of rotatable bonds is 6. The van der Waals surface area contributed by atoms with Gasteiger partial charge in [-0.05, 0) is 67.4 Å². The Morgan fingerprint density at radius 3 is 2.35 bits per heavy atom. The molecule has 1 aliphatic heterocycles. The van der Waals surface area contributed by atoms with E-state index in [1.54, 1.807) is 35.4 Å². The van der Waals surface area contributed by atoms with Crippen LogP contribution in [0.2, 0.25) is 5.02 Å². The summed E-state index contributed by atoms with van der Waals surface area (Å²) in [5.74, 6) is 1.04. The molecule has 6 nitrogen and oxygen atoms in total. The fourth-order valence-electron chi connectivity index (χ4n) is 4.37. The quantitative estimate of drug-likeness (QED) is 0.278. The van der Waals surface area contributed by atoms with Crippen LogP contribution in [0.5, 0.6) is 11.5 Å². The second-order valence-electron chi connectivity index (χ2n) is 8.78. The monoisotopic (exact) mass is 509 g/mol. The number of aromatic nitrogens is 1. The molecule has 0 radical (unpaired) electrons. The van der Waals surface area contributed by atoms with E-state index in [1.807, 2.05) is 60.7 Å². The molecule has 2 heterocycles. The molecule has 1 atom stereocenters. The minimum atomic E-state index is -0.384. The van der Waals surface area contributed by atoms with Gasteiger partial charge in [0.15, 0.2) is 0 Å². The molecule has 1 saturated heterocycles. The number of ether oxygens (including phenoxy) is 1. The van der Waals surface area contributed by atoms with Gasteiger partial charge in [0.2, 0.25) is 0 Å². The molecule has 1 unspecified atom stereocenters. The van der Waals surface area contributed by atoms with Crippen LogP contribution in [-0.4, -0.2) is 29.1 Å². The fourth-order valence-corrected chi connectivity index (χ4v) is 4.62. The summed E-state index contributed by atoms with van der Waals surface area (Å²) in [6, 6.07) is 29.8. The van der Waals surface area contributed by atoms with Crippen molar-refractivity contribution < 1.29 is 14.4 Å². The van der Waals surface area contributed by atoms with Crippen LogP contribution in [0.3, 0.4) is 0 Å². The van der Waals surface area contributed by atoms with E-state index in [4.69, 9.17) is 26.2 Å². The number of piperidine rings is 1. The number of benzene rings is 3. The van der Waals surface area contributed by atoms with E-state index in [9.17, 15) is 10.1 Å². The smallest absolute Gasteiger partial charge is 0.357 e. The Morgan fingerprint density at radius 2 is 1.65 bits per heavy atom. The van der Waals surface area contributed by atoms with E-state index in [0.29, 0.717) is 40.7 Å². The van der Waals surface area contributed by atoms with Crippen LogP contribution in [-0.2, 0) is 4.84 Å². The van der Waals surface area contributed by atoms with E-state index >= 15 is 0 Å². The van der Waals surface area contributed by atoms with Crippen molar-refractivity contribution in [2.45, 2.75) is 18.8 Å². The van der Waals surface area contributed by atoms with Gasteiger partial charge in [-0.15, -0.1) is 5.06 Å². The summed E-state index contributed by atoms with van der Waals surface area (Å²) < 4.78 is 5.89. The van der Waals surface area contributed by atoms with Gasteiger partial charge in [0.1, 0.15) is 17.6 Å². The lowest BCUT2D eigenvalue weighted by atomic mass is 9.94. The first-order valence-electron chi connectivity index (χ1n) is 12.1. The van der Waals surface area contributed by atoms with Gasteiger partial charge < -0.3 is 9.57 Å². The van der Waals surface area contributed by atoms with E-state index < -0.39 is 0 Å². The Kier molecular flexibility index (Phi) is 7.46. The number of hydroxylamine groups is 2. The Hall–Kier alpha value is -4.18. The van der Waals surface area contributed by atoms with Crippen LogP contribution in [0, 0.1) is 11.3 Å². The van der Waals surface area contributed by atoms with Crippen molar-refractivity contribution >= 4 is 17.6 Å². The molecule has 0 saturated carbocycles. The fraction of sp³-hybridized carbons (Fsp3) is 0.167. The highest BCUT2D eigenvalue weighted by atomic mass is 35.5. The van der Waals surface area contributed by atoms with E-state index in [1.165, 1.54) is 0 Å².